The second-order valence-corrected chi connectivity index (χ2v) is 5.53. The number of nitrogens with two attached hydrogens (primary N) is 2. The summed E-state index contributed by atoms with van der Waals surface area (Å²) >= 11 is 0. The number of benzene rings is 1. The highest BCUT2D eigenvalue weighted by atomic mass is 15.3. The molecule has 5 heteroatoms. The van der Waals surface area contributed by atoms with Gasteiger partial charge in [-0.25, -0.2) is 0 Å². The van der Waals surface area contributed by atoms with Gasteiger partial charge in [0.2, 0.25) is 5.96 Å². The van der Waals surface area contributed by atoms with Gasteiger partial charge < -0.3 is 11.5 Å². The largest absolute Gasteiger partial charge is 0.369 e. The molecule has 0 spiro atoms. The Balaban J connectivity index is 2.04. The Morgan fingerprint density at radius 2 is 1.86 bits per heavy atom. The summed E-state index contributed by atoms with van der Waals surface area (Å²) in [5, 5.41) is 8.07. The summed E-state index contributed by atoms with van der Waals surface area (Å²) in [5.74, 6) is 0.312. The van der Waals surface area contributed by atoms with Crippen molar-refractivity contribution in [3.05, 3.63) is 65.0 Å². The van der Waals surface area contributed by atoms with E-state index in [-0.39, 0.29) is 5.96 Å². The Morgan fingerprint density at radius 1 is 1.09 bits per heavy atom. The van der Waals surface area contributed by atoms with Gasteiger partial charge in [0.1, 0.15) is 0 Å². The van der Waals surface area contributed by atoms with E-state index >= 15 is 0 Å². The third-order valence-electron chi connectivity index (χ3n) is 3.86. The van der Waals surface area contributed by atoms with Crippen LogP contribution in [-0.4, -0.2) is 16.7 Å². The number of hydrogen-bond acceptors (Lipinski definition) is 3. The summed E-state index contributed by atoms with van der Waals surface area (Å²) in [4.78, 5) is 4.67. The molecule has 112 valence electrons. The van der Waals surface area contributed by atoms with Crippen LogP contribution in [0.25, 0.3) is 0 Å². The molecule has 1 aliphatic carbocycles. The Bertz CT molecular complexity index is 730. The quantitative estimate of drug-likeness (QED) is 0.505. The maximum atomic E-state index is 5.40. The van der Waals surface area contributed by atoms with Gasteiger partial charge in [0.25, 0.3) is 0 Å². The van der Waals surface area contributed by atoms with Gasteiger partial charge in [-0.1, -0.05) is 30.3 Å². The SMILES string of the molecule is Cc1ccc2c(n1)CC(c1ccccc1)C/C2=N/N=C(N)N. The molecular formula is C17H19N5. The molecule has 1 unspecified atom stereocenters. The number of guanidine groups is 1. The van der Waals surface area contributed by atoms with Crippen LogP contribution in [0.4, 0.5) is 0 Å². The van der Waals surface area contributed by atoms with Gasteiger partial charge in [0.05, 0.1) is 11.4 Å². The van der Waals surface area contributed by atoms with E-state index < -0.39 is 0 Å². The van der Waals surface area contributed by atoms with E-state index in [1.54, 1.807) is 0 Å². The molecule has 0 amide bonds. The van der Waals surface area contributed by atoms with Crippen LogP contribution in [0, 0.1) is 6.92 Å². The molecule has 1 aromatic carbocycles. The number of rotatable bonds is 2. The van der Waals surface area contributed by atoms with Gasteiger partial charge in [0, 0.05) is 11.3 Å². The van der Waals surface area contributed by atoms with Crippen LogP contribution < -0.4 is 11.5 Å². The van der Waals surface area contributed by atoms with E-state index in [1.807, 2.05) is 19.1 Å². The smallest absolute Gasteiger partial charge is 0.211 e. The molecule has 0 fully saturated rings. The van der Waals surface area contributed by atoms with Crippen molar-refractivity contribution in [2.45, 2.75) is 25.7 Å². The lowest BCUT2D eigenvalue weighted by molar-refractivity contribution is 0.676. The fraction of sp³-hybridized carbons (Fsp3) is 0.235. The Kier molecular flexibility index (Phi) is 3.87. The Morgan fingerprint density at radius 3 is 2.59 bits per heavy atom. The number of pyridine rings is 1. The van der Waals surface area contributed by atoms with Gasteiger partial charge in [-0.2, -0.15) is 5.10 Å². The van der Waals surface area contributed by atoms with Crippen molar-refractivity contribution in [1.82, 2.24) is 4.98 Å². The summed E-state index contributed by atoms with van der Waals surface area (Å²) in [6, 6.07) is 14.5. The third kappa shape index (κ3) is 2.98. The molecule has 0 radical (unpaired) electrons. The molecule has 0 saturated heterocycles. The highest BCUT2D eigenvalue weighted by Crippen LogP contribution is 2.32. The molecule has 22 heavy (non-hydrogen) atoms. The van der Waals surface area contributed by atoms with Crippen molar-refractivity contribution < 1.29 is 0 Å². The average Bonchev–Trinajstić information content (AvgIpc) is 2.52. The molecule has 2 aromatic rings. The zero-order valence-electron chi connectivity index (χ0n) is 12.5. The monoisotopic (exact) mass is 293 g/mol. The number of aromatic nitrogens is 1. The normalized spacial score (nSPS) is 18.8. The summed E-state index contributed by atoms with van der Waals surface area (Å²) in [5.41, 5.74) is 16.1. The number of nitrogens with zero attached hydrogens (tertiary/aromatic N) is 3. The van der Waals surface area contributed by atoms with Gasteiger partial charge in [-0.15, -0.1) is 5.10 Å². The minimum absolute atomic E-state index is 0.0315. The highest BCUT2D eigenvalue weighted by Gasteiger charge is 2.26. The van der Waals surface area contributed by atoms with E-state index in [9.17, 15) is 0 Å². The van der Waals surface area contributed by atoms with Crippen LogP contribution in [-0.2, 0) is 6.42 Å². The number of aryl methyl sites for hydroxylation is 1. The molecule has 5 nitrogen and oxygen atoms in total. The van der Waals surface area contributed by atoms with E-state index in [0.29, 0.717) is 5.92 Å². The lowest BCUT2D eigenvalue weighted by Crippen LogP contribution is -2.24. The Hall–Kier alpha value is -2.69. The van der Waals surface area contributed by atoms with Crippen LogP contribution in [0.15, 0.2) is 52.7 Å². The van der Waals surface area contributed by atoms with Crippen molar-refractivity contribution in [3.63, 3.8) is 0 Å². The van der Waals surface area contributed by atoms with E-state index in [4.69, 9.17) is 11.5 Å². The first-order chi connectivity index (χ1) is 10.6. The minimum atomic E-state index is -0.0315. The van der Waals surface area contributed by atoms with Crippen molar-refractivity contribution in [2.75, 3.05) is 0 Å². The summed E-state index contributed by atoms with van der Waals surface area (Å²) in [6.45, 7) is 2.00. The van der Waals surface area contributed by atoms with Gasteiger partial charge >= 0.3 is 0 Å². The van der Waals surface area contributed by atoms with Crippen molar-refractivity contribution in [3.8, 4) is 0 Å². The molecular weight excluding hydrogens is 274 g/mol. The molecule has 0 bridgehead atoms. The van der Waals surface area contributed by atoms with Crippen LogP contribution in [0.2, 0.25) is 0 Å². The van der Waals surface area contributed by atoms with E-state index in [1.165, 1.54) is 5.56 Å². The first kappa shape index (κ1) is 14.3. The zero-order chi connectivity index (χ0) is 15.5. The average molecular weight is 293 g/mol. The van der Waals surface area contributed by atoms with Gasteiger partial charge in [-0.3, -0.25) is 4.98 Å². The van der Waals surface area contributed by atoms with Crippen molar-refractivity contribution in [2.24, 2.45) is 21.7 Å². The first-order valence-electron chi connectivity index (χ1n) is 7.31. The highest BCUT2D eigenvalue weighted by molar-refractivity contribution is 6.03. The zero-order valence-corrected chi connectivity index (χ0v) is 12.5. The second kappa shape index (κ2) is 5.97. The molecule has 0 aliphatic heterocycles. The number of hydrogen-bond donors (Lipinski definition) is 2. The molecule has 0 saturated carbocycles. The maximum Gasteiger partial charge on any atom is 0.211 e. The van der Waals surface area contributed by atoms with Crippen LogP contribution in [0.5, 0.6) is 0 Å². The number of fused-ring (bicyclic) bond motifs is 1. The fourth-order valence-electron chi connectivity index (χ4n) is 2.85. The predicted octanol–water partition coefficient (Wildman–Crippen LogP) is 2.10. The van der Waals surface area contributed by atoms with Crippen LogP contribution in [0.1, 0.15) is 34.9 Å². The maximum absolute atomic E-state index is 5.40. The standard InChI is InChI=1S/C17H19N5/c1-11-7-8-14-15(20-11)9-13(12-5-3-2-4-6-12)10-16(14)21-22-17(18)19/h2-8,13H,9-10H2,1H3,(H4,18,19,22)/b21-16-. The summed E-state index contributed by atoms with van der Waals surface area (Å²) in [6.07, 6.45) is 1.71. The third-order valence-corrected chi connectivity index (χ3v) is 3.86. The topological polar surface area (TPSA) is 89.6 Å². The fourth-order valence-corrected chi connectivity index (χ4v) is 2.85. The lowest BCUT2D eigenvalue weighted by Gasteiger charge is -2.25. The van der Waals surface area contributed by atoms with Gasteiger partial charge in [0.15, 0.2) is 0 Å². The minimum Gasteiger partial charge on any atom is -0.369 e. The van der Waals surface area contributed by atoms with E-state index in [2.05, 4.69) is 45.5 Å². The molecule has 4 N–H and O–H groups in total. The predicted molar refractivity (Wildman–Crippen MR) is 88.8 cm³/mol. The van der Waals surface area contributed by atoms with Crippen molar-refractivity contribution >= 4 is 11.7 Å². The van der Waals surface area contributed by atoms with Gasteiger partial charge in [-0.05, 0) is 43.4 Å². The van der Waals surface area contributed by atoms with E-state index in [0.717, 1.165) is 35.5 Å². The molecule has 1 atom stereocenters. The molecule has 1 aliphatic rings. The first-order valence-corrected chi connectivity index (χ1v) is 7.31. The van der Waals surface area contributed by atoms with Crippen molar-refractivity contribution in [1.29, 1.82) is 0 Å². The van der Waals surface area contributed by atoms with Crippen LogP contribution in [0.3, 0.4) is 0 Å². The molecule has 3 rings (SSSR count). The summed E-state index contributed by atoms with van der Waals surface area (Å²) < 4.78 is 0. The molecule has 1 aromatic heterocycles. The summed E-state index contributed by atoms with van der Waals surface area (Å²) in [7, 11) is 0. The second-order valence-electron chi connectivity index (χ2n) is 5.53. The molecule has 1 heterocycles. The Labute approximate surface area is 129 Å². The van der Waals surface area contributed by atoms with Crippen LogP contribution >= 0.6 is 0 Å². The lowest BCUT2D eigenvalue weighted by atomic mass is 9.81.